The van der Waals surface area contributed by atoms with Crippen LogP contribution in [-0.4, -0.2) is 15.7 Å². The van der Waals surface area contributed by atoms with Crippen LogP contribution in [0.5, 0.6) is 0 Å². The Morgan fingerprint density at radius 3 is 2.72 bits per heavy atom. The zero-order valence-corrected chi connectivity index (χ0v) is 10.6. The topological polar surface area (TPSA) is 46.9 Å². The van der Waals surface area contributed by atoms with Gasteiger partial charge in [0.2, 0.25) is 5.91 Å². The first kappa shape index (κ1) is 12.4. The van der Waals surface area contributed by atoms with Gasteiger partial charge in [0.25, 0.3) is 0 Å². The smallest absolute Gasteiger partial charge is 0.242 e. The summed E-state index contributed by atoms with van der Waals surface area (Å²) in [5.74, 6) is -0.0329. The number of hydrogen-bond acceptors (Lipinski definition) is 2. The van der Waals surface area contributed by atoms with Crippen molar-refractivity contribution < 1.29 is 4.79 Å². The Hall–Kier alpha value is -2.10. The van der Waals surface area contributed by atoms with Crippen LogP contribution in [-0.2, 0) is 11.3 Å². The number of benzene rings is 1. The van der Waals surface area contributed by atoms with Crippen molar-refractivity contribution in [2.24, 2.45) is 0 Å². The fraction of sp³-hybridized carbons (Fsp3) is 0.286. The van der Waals surface area contributed by atoms with Crippen LogP contribution < -0.4 is 5.32 Å². The van der Waals surface area contributed by atoms with Crippen LogP contribution in [0.1, 0.15) is 24.1 Å². The lowest BCUT2D eigenvalue weighted by Gasteiger charge is -2.14. The number of carbonyl (C=O) groups excluding carboxylic acids is 1. The van der Waals surface area contributed by atoms with E-state index in [0.717, 1.165) is 11.1 Å². The molecule has 0 radical (unpaired) electrons. The van der Waals surface area contributed by atoms with Gasteiger partial charge in [-0.15, -0.1) is 0 Å². The largest absolute Gasteiger partial charge is 0.348 e. The van der Waals surface area contributed by atoms with Gasteiger partial charge in [-0.3, -0.25) is 9.48 Å². The van der Waals surface area contributed by atoms with E-state index in [1.807, 2.05) is 50.4 Å². The van der Waals surface area contributed by atoms with E-state index in [4.69, 9.17) is 0 Å². The van der Waals surface area contributed by atoms with Crippen LogP contribution in [0.25, 0.3) is 0 Å². The minimum atomic E-state index is -0.0329. The van der Waals surface area contributed by atoms with E-state index in [1.165, 1.54) is 0 Å². The third-order valence-corrected chi connectivity index (χ3v) is 2.75. The van der Waals surface area contributed by atoms with E-state index in [-0.39, 0.29) is 18.5 Å². The molecule has 0 aliphatic heterocycles. The molecule has 1 aromatic heterocycles. The van der Waals surface area contributed by atoms with Crippen LogP contribution in [0.2, 0.25) is 0 Å². The highest BCUT2D eigenvalue weighted by Crippen LogP contribution is 2.10. The zero-order chi connectivity index (χ0) is 13.0. The molecule has 4 nitrogen and oxygen atoms in total. The summed E-state index contributed by atoms with van der Waals surface area (Å²) in [6.45, 7) is 4.18. The molecule has 0 fully saturated rings. The van der Waals surface area contributed by atoms with Crippen LogP contribution >= 0.6 is 0 Å². The Labute approximate surface area is 107 Å². The number of rotatable bonds is 4. The molecule has 0 aliphatic rings. The van der Waals surface area contributed by atoms with E-state index >= 15 is 0 Å². The number of aryl methyl sites for hydroxylation is 1. The minimum absolute atomic E-state index is 0.00959. The summed E-state index contributed by atoms with van der Waals surface area (Å²) in [5, 5.41) is 7.05. The van der Waals surface area contributed by atoms with Crippen LogP contribution in [0.3, 0.4) is 0 Å². The maximum atomic E-state index is 11.8. The maximum absolute atomic E-state index is 11.8. The number of hydrogen-bond donors (Lipinski definition) is 1. The van der Waals surface area contributed by atoms with Crippen molar-refractivity contribution in [2.45, 2.75) is 26.4 Å². The summed E-state index contributed by atoms with van der Waals surface area (Å²) in [6, 6.07) is 9.91. The molecule has 0 saturated heterocycles. The molecule has 4 heteroatoms. The van der Waals surface area contributed by atoms with Crippen molar-refractivity contribution >= 4 is 5.91 Å². The molecule has 1 aromatic carbocycles. The molecule has 1 heterocycles. The summed E-state index contributed by atoms with van der Waals surface area (Å²) >= 11 is 0. The summed E-state index contributed by atoms with van der Waals surface area (Å²) in [5.41, 5.74) is 2.15. The van der Waals surface area contributed by atoms with Gasteiger partial charge in [0.15, 0.2) is 0 Å². The lowest BCUT2D eigenvalue weighted by molar-refractivity contribution is -0.122. The highest BCUT2D eigenvalue weighted by Gasteiger charge is 2.09. The van der Waals surface area contributed by atoms with E-state index in [9.17, 15) is 4.79 Å². The van der Waals surface area contributed by atoms with E-state index in [0.29, 0.717) is 0 Å². The molecule has 0 spiro atoms. The molecule has 1 unspecified atom stereocenters. The Bertz CT molecular complexity index is 519. The Morgan fingerprint density at radius 1 is 1.39 bits per heavy atom. The molecule has 2 aromatic rings. The second kappa shape index (κ2) is 5.49. The predicted molar refractivity (Wildman–Crippen MR) is 70.0 cm³/mol. The highest BCUT2D eigenvalue weighted by atomic mass is 16.2. The summed E-state index contributed by atoms with van der Waals surface area (Å²) in [7, 11) is 0. The molecule has 1 atom stereocenters. The van der Waals surface area contributed by atoms with Gasteiger partial charge in [-0.05, 0) is 25.0 Å². The number of nitrogens with one attached hydrogen (secondary N) is 1. The van der Waals surface area contributed by atoms with Crippen molar-refractivity contribution in [3.8, 4) is 0 Å². The second-order valence-electron chi connectivity index (χ2n) is 4.42. The summed E-state index contributed by atoms with van der Waals surface area (Å²) in [4.78, 5) is 11.8. The Kier molecular flexibility index (Phi) is 3.77. The maximum Gasteiger partial charge on any atom is 0.242 e. The molecule has 0 aliphatic carbocycles. The summed E-state index contributed by atoms with van der Waals surface area (Å²) in [6.07, 6.45) is 3.60. The minimum Gasteiger partial charge on any atom is -0.348 e. The molecule has 94 valence electrons. The van der Waals surface area contributed by atoms with Crippen LogP contribution in [0, 0.1) is 6.92 Å². The van der Waals surface area contributed by atoms with Crippen molar-refractivity contribution in [2.75, 3.05) is 0 Å². The average molecular weight is 243 g/mol. The lowest BCUT2D eigenvalue weighted by atomic mass is 10.1. The molecule has 1 amide bonds. The molecule has 0 saturated carbocycles. The number of aromatic nitrogens is 2. The number of carbonyl (C=O) groups is 1. The van der Waals surface area contributed by atoms with Crippen LogP contribution in [0.4, 0.5) is 0 Å². The zero-order valence-electron chi connectivity index (χ0n) is 10.6. The average Bonchev–Trinajstić information content (AvgIpc) is 2.75. The molecular weight excluding hydrogens is 226 g/mol. The third kappa shape index (κ3) is 3.20. The van der Waals surface area contributed by atoms with Gasteiger partial charge >= 0.3 is 0 Å². The van der Waals surface area contributed by atoms with E-state index in [2.05, 4.69) is 10.4 Å². The van der Waals surface area contributed by atoms with E-state index < -0.39 is 0 Å². The van der Waals surface area contributed by atoms with Crippen LogP contribution in [0.15, 0.2) is 42.7 Å². The van der Waals surface area contributed by atoms with E-state index in [1.54, 1.807) is 10.9 Å². The number of amides is 1. The first-order valence-electron chi connectivity index (χ1n) is 5.98. The molecule has 1 N–H and O–H groups in total. The molecule has 0 bridgehead atoms. The second-order valence-corrected chi connectivity index (χ2v) is 4.42. The van der Waals surface area contributed by atoms with Crippen molar-refractivity contribution in [3.05, 3.63) is 53.9 Å². The normalized spacial score (nSPS) is 12.1. The number of nitrogens with zero attached hydrogens (tertiary/aromatic N) is 2. The lowest BCUT2D eigenvalue weighted by Crippen LogP contribution is -2.30. The predicted octanol–water partition coefficient (Wildman–Crippen LogP) is 2.07. The third-order valence-electron chi connectivity index (χ3n) is 2.75. The van der Waals surface area contributed by atoms with Gasteiger partial charge in [0, 0.05) is 6.20 Å². The Balaban J connectivity index is 1.92. The van der Waals surface area contributed by atoms with Gasteiger partial charge in [0.05, 0.1) is 12.2 Å². The van der Waals surface area contributed by atoms with Gasteiger partial charge in [-0.2, -0.15) is 5.10 Å². The van der Waals surface area contributed by atoms with Crippen molar-refractivity contribution in [1.29, 1.82) is 0 Å². The fourth-order valence-electron chi connectivity index (χ4n) is 1.81. The SMILES string of the molecule is Cc1cnn(CC(=O)NC(C)c2ccccc2)c1. The van der Waals surface area contributed by atoms with Gasteiger partial charge in [-0.25, -0.2) is 0 Å². The van der Waals surface area contributed by atoms with Gasteiger partial charge in [-0.1, -0.05) is 30.3 Å². The molecule has 2 rings (SSSR count). The molecular formula is C14H17N3O. The Morgan fingerprint density at radius 2 is 2.11 bits per heavy atom. The first-order valence-corrected chi connectivity index (χ1v) is 5.98. The molecule has 18 heavy (non-hydrogen) atoms. The standard InChI is InChI=1S/C14H17N3O/c1-11-8-15-17(9-11)10-14(18)16-12(2)13-6-4-3-5-7-13/h3-9,12H,10H2,1-2H3,(H,16,18). The van der Waals surface area contributed by atoms with Gasteiger partial charge in [0.1, 0.15) is 6.54 Å². The van der Waals surface area contributed by atoms with Gasteiger partial charge < -0.3 is 5.32 Å². The van der Waals surface area contributed by atoms with Crippen molar-refractivity contribution in [3.63, 3.8) is 0 Å². The monoisotopic (exact) mass is 243 g/mol. The first-order chi connectivity index (χ1) is 8.65. The fourth-order valence-corrected chi connectivity index (χ4v) is 1.81. The summed E-state index contributed by atoms with van der Waals surface area (Å²) < 4.78 is 1.64. The highest BCUT2D eigenvalue weighted by molar-refractivity contribution is 5.76. The van der Waals surface area contributed by atoms with Crippen molar-refractivity contribution in [1.82, 2.24) is 15.1 Å². The quantitative estimate of drug-likeness (QED) is 0.893.